The van der Waals surface area contributed by atoms with E-state index in [-0.39, 0.29) is 23.6 Å². The van der Waals surface area contributed by atoms with Gasteiger partial charge in [-0.1, -0.05) is 19.3 Å². The number of anilines is 2. The molecule has 1 N–H and O–H groups in total. The molecule has 7 nitrogen and oxygen atoms in total. The van der Waals surface area contributed by atoms with Crippen molar-refractivity contribution in [1.29, 1.82) is 0 Å². The van der Waals surface area contributed by atoms with Crippen LogP contribution in [0.1, 0.15) is 32.1 Å². The van der Waals surface area contributed by atoms with Crippen molar-refractivity contribution >= 4 is 21.6 Å². The zero-order chi connectivity index (χ0) is 18.1. The average molecular weight is 380 g/mol. The van der Waals surface area contributed by atoms with Crippen LogP contribution in [-0.4, -0.2) is 68.7 Å². The number of rotatable bonds is 4. The van der Waals surface area contributed by atoms with Crippen molar-refractivity contribution in [3.8, 4) is 0 Å². The van der Waals surface area contributed by atoms with E-state index in [0.29, 0.717) is 0 Å². The summed E-state index contributed by atoms with van der Waals surface area (Å²) in [4.78, 5) is 13.6. The van der Waals surface area contributed by atoms with Crippen molar-refractivity contribution < 1.29 is 8.42 Å². The Hall–Kier alpha value is -1.41. The van der Waals surface area contributed by atoms with Gasteiger partial charge in [-0.3, -0.25) is 0 Å². The number of nitrogens with zero attached hydrogens (tertiary/aromatic N) is 4. The van der Waals surface area contributed by atoms with Crippen LogP contribution in [-0.2, 0) is 9.84 Å². The molecule has 0 radical (unpaired) electrons. The zero-order valence-electron chi connectivity index (χ0n) is 15.5. The lowest BCUT2D eigenvalue weighted by atomic mass is 9.89. The molecule has 3 heterocycles. The number of fused-ring (bicyclic) bond motifs is 1. The second-order valence-electron chi connectivity index (χ2n) is 8.00. The van der Waals surface area contributed by atoms with Crippen LogP contribution in [0.2, 0.25) is 0 Å². The Morgan fingerprint density at radius 2 is 2.08 bits per heavy atom. The van der Waals surface area contributed by atoms with E-state index in [4.69, 9.17) is 4.98 Å². The van der Waals surface area contributed by atoms with Crippen LogP contribution in [0.15, 0.2) is 12.3 Å². The van der Waals surface area contributed by atoms with Crippen LogP contribution in [0, 0.1) is 5.92 Å². The lowest BCUT2D eigenvalue weighted by Gasteiger charge is -2.38. The third-order valence-electron chi connectivity index (χ3n) is 6.00. The molecule has 1 aliphatic carbocycles. The third-order valence-corrected chi connectivity index (χ3v) is 7.72. The largest absolute Gasteiger partial charge is 0.350 e. The minimum atomic E-state index is -2.97. The van der Waals surface area contributed by atoms with Gasteiger partial charge >= 0.3 is 0 Å². The van der Waals surface area contributed by atoms with Crippen molar-refractivity contribution in [2.75, 3.05) is 48.0 Å². The van der Waals surface area contributed by atoms with E-state index in [2.05, 4.69) is 27.1 Å². The number of hydrogen-bond acceptors (Lipinski definition) is 7. The molecule has 1 aromatic heterocycles. The smallest absolute Gasteiger partial charge is 0.227 e. The second kappa shape index (κ2) is 7.31. The molecule has 0 unspecified atom stereocenters. The molecule has 8 heteroatoms. The van der Waals surface area contributed by atoms with Crippen molar-refractivity contribution in [2.45, 2.75) is 44.2 Å². The predicted octanol–water partition coefficient (Wildman–Crippen LogP) is 1.07. The number of aromatic nitrogens is 2. The molecule has 0 spiro atoms. The van der Waals surface area contributed by atoms with Gasteiger partial charge in [0.25, 0.3) is 0 Å². The van der Waals surface area contributed by atoms with E-state index in [1.54, 1.807) is 6.20 Å². The summed E-state index contributed by atoms with van der Waals surface area (Å²) in [6.45, 7) is 2.55. The zero-order valence-corrected chi connectivity index (χ0v) is 16.3. The Morgan fingerprint density at radius 1 is 1.27 bits per heavy atom. The summed E-state index contributed by atoms with van der Waals surface area (Å²) in [5.74, 6) is 2.75. The summed E-state index contributed by atoms with van der Waals surface area (Å²) in [6, 6.07) is 1.89. The first-order chi connectivity index (χ1) is 12.5. The molecule has 3 aliphatic rings. The van der Waals surface area contributed by atoms with Gasteiger partial charge in [0.2, 0.25) is 5.95 Å². The number of piperazine rings is 1. The Kier molecular flexibility index (Phi) is 5.05. The first-order valence-corrected chi connectivity index (χ1v) is 11.6. The topological polar surface area (TPSA) is 78.4 Å². The summed E-state index contributed by atoms with van der Waals surface area (Å²) in [5.41, 5.74) is 0. The molecule has 26 heavy (non-hydrogen) atoms. The second-order valence-corrected chi connectivity index (χ2v) is 10.2. The van der Waals surface area contributed by atoms with Gasteiger partial charge in [-0.15, -0.1) is 0 Å². The molecule has 2 aliphatic heterocycles. The molecule has 1 saturated carbocycles. The SMILES string of the molecule is CN(CC1CCCCC1)c1nccc(N2CCN[C@H]3CS(=O)(=O)C[C@H]32)n1. The van der Waals surface area contributed by atoms with E-state index in [9.17, 15) is 8.42 Å². The van der Waals surface area contributed by atoms with E-state index >= 15 is 0 Å². The van der Waals surface area contributed by atoms with Gasteiger partial charge in [-0.05, 0) is 24.8 Å². The van der Waals surface area contributed by atoms with E-state index in [1.165, 1.54) is 32.1 Å². The van der Waals surface area contributed by atoms with E-state index in [1.807, 2.05) is 6.07 Å². The van der Waals surface area contributed by atoms with Crippen LogP contribution in [0.4, 0.5) is 11.8 Å². The summed E-state index contributed by atoms with van der Waals surface area (Å²) in [6.07, 6.45) is 8.42. The highest BCUT2D eigenvalue weighted by Gasteiger charge is 2.43. The molecule has 4 rings (SSSR count). The van der Waals surface area contributed by atoms with Crippen LogP contribution >= 0.6 is 0 Å². The lowest BCUT2D eigenvalue weighted by Crippen LogP contribution is -2.57. The van der Waals surface area contributed by atoms with Gasteiger partial charge in [-0.25, -0.2) is 13.4 Å². The summed E-state index contributed by atoms with van der Waals surface area (Å²) in [5, 5.41) is 3.35. The molecule has 0 aromatic carbocycles. The quantitative estimate of drug-likeness (QED) is 0.838. The first-order valence-electron chi connectivity index (χ1n) is 9.76. The molecule has 1 aromatic rings. The fraction of sp³-hybridized carbons (Fsp3) is 0.778. The van der Waals surface area contributed by atoms with Crippen LogP contribution in [0.5, 0.6) is 0 Å². The maximum Gasteiger partial charge on any atom is 0.227 e. The Bertz CT molecular complexity index is 735. The summed E-state index contributed by atoms with van der Waals surface area (Å²) in [7, 11) is -0.910. The van der Waals surface area contributed by atoms with Crippen molar-refractivity contribution in [3.63, 3.8) is 0 Å². The van der Waals surface area contributed by atoms with Gasteiger partial charge in [0.15, 0.2) is 9.84 Å². The maximum absolute atomic E-state index is 12.1. The Morgan fingerprint density at radius 3 is 2.88 bits per heavy atom. The minimum Gasteiger partial charge on any atom is -0.350 e. The van der Waals surface area contributed by atoms with Gasteiger partial charge in [0, 0.05) is 38.9 Å². The fourth-order valence-electron chi connectivity index (χ4n) is 4.67. The van der Waals surface area contributed by atoms with Crippen molar-refractivity contribution in [2.24, 2.45) is 5.92 Å². The summed E-state index contributed by atoms with van der Waals surface area (Å²) < 4.78 is 24.1. The molecule has 0 bridgehead atoms. The average Bonchev–Trinajstić information content (AvgIpc) is 2.96. The van der Waals surface area contributed by atoms with E-state index < -0.39 is 9.84 Å². The predicted molar refractivity (Wildman–Crippen MR) is 103 cm³/mol. The lowest BCUT2D eigenvalue weighted by molar-refractivity contribution is 0.361. The van der Waals surface area contributed by atoms with Gasteiger partial charge < -0.3 is 15.1 Å². The summed E-state index contributed by atoms with van der Waals surface area (Å²) >= 11 is 0. The highest BCUT2D eigenvalue weighted by Crippen LogP contribution is 2.28. The molecular formula is C18H29N5O2S. The minimum absolute atomic E-state index is 0.00661. The van der Waals surface area contributed by atoms with E-state index in [0.717, 1.165) is 37.3 Å². The standard InChI is InChI=1S/C18H29N5O2S/c1-22(11-14-5-3-2-4-6-14)18-20-8-7-17(21-18)23-10-9-19-15-12-26(24,25)13-16(15)23/h7-8,14-16,19H,2-6,9-13H2,1H3/t15-,16+/m0/s1. The van der Waals surface area contributed by atoms with Crippen LogP contribution < -0.4 is 15.1 Å². The van der Waals surface area contributed by atoms with Gasteiger partial charge in [0.1, 0.15) is 5.82 Å². The van der Waals surface area contributed by atoms with Crippen molar-refractivity contribution in [1.82, 2.24) is 15.3 Å². The van der Waals surface area contributed by atoms with Crippen LogP contribution in [0.25, 0.3) is 0 Å². The molecule has 2 saturated heterocycles. The monoisotopic (exact) mass is 379 g/mol. The number of sulfone groups is 1. The fourth-order valence-corrected chi connectivity index (χ4v) is 6.63. The van der Waals surface area contributed by atoms with Crippen LogP contribution in [0.3, 0.4) is 0 Å². The maximum atomic E-state index is 12.1. The molecule has 3 fully saturated rings. The highest BCUT2D eigenvalue weighted by atomic mass is 32.2. The Balaban J connectivity index is 1.50. The number of hydrogen-bond donors (Lipinski definition) is 1. The Labute approximate surface area is 156 Å². The molecule has 0 amide bonds. The van der Waals surface area contributed by atoms with Gasteiger partial charge in [-0.2, -0.15) is 4.98 Å². The van der Waals surface area contributed by atoms with Crippen molar-refractivity contribution in [3.05, 3.63) is 12.3 Å². The first kappa shape index (κ1) is 18.0. The molecular weight excluding hydrogens is 350 g/mol. The number of nitrogens with one attached hydrogen (secondary N) is 1. The molecule has 2 atom stereocenters. The third kappa shape index (κ3) is 3.81. The molecule has 144 valence electrons. The highest BCUT2D eigenvalue weighted by molar-refractivity contribution is 7.91. The van der Waals surface area contributed by atoms with Gasteiger partial charge in [0.05, 0.1) is 17.5 Å². The normalized spacial score (nSPS) is 28.7.